The lowest BCUT2D eigenvalue weighted by Gasteiger charge is -2.09. The number of nitrogen functional groups attached to an aromatic ring is 2. The van der Waals surface area contributed by atoms with Gasteiger partial charge in [0, 0.05) is 11.1 Å². The molecule has 0 bridgehead atoms. The van der Waals surface area contributed by atoms with Crippen LogP contribution in [0.3, 0.4) is 0 Å². The van der Waals surface area contributed by atoms with Crippen LogP contribution in [0.15, 0.2) is 52.5 Å². The number of pyridine rings is 1. The van der Waals surface area contributed by atoms with E-state index in [1.54, 1.807) is 36.5 Å². The molecule has 0 aliphatic heterocycles. The van der Waals surface area contributed by atoms with Crippen molar-refractivity contribution in [3.8, 4) is 5.95 Å². The van der Waals surface area contributed by atoms with E-state index in [2.05, 4.69) is 25.4 Å². The molecule has 4 rings (SSSR count). The van der Waals surface area contributed by atoms with Crippen LogP contribution in [-0.2, 0) is 0 Å². The van der Waals surface area contributed by atoms with Crippen molar-refractivity contribution in [2.45, 2.75) is 9.92 Å². The number of anilines is 3. The summed E-state index contributed by atoms with van der Waals surface area (Å²) in [7, 11) is 0. The maximum Gasteiger partial charge on any atom is 0.409 e. The Kier molecular flexibility index (Phi) is 4.60. The highest BCUT2D eigenvalue weighted by Crippen LogP contribution is 2.34. The molecule has 0 unspecified atom stereocenters. The summed E-state index contributed by atoms with van der Waals surface area (Å²) in [5.74, 6) is -0.684. The van der Waals surface area contributed by atoms with E-state index < -0.39 is 6.09 Å². The summed E-state index contributed by atoms with van der Waals surface area (Å²) < 4.78 is 15.4. The SMILES string of the molecule is Nc1nc(-n2nc(Sc3ccccc3F)c3ncccc32)nc(N)c1NC(=O)O. The average molecular weight is 412 g/mol. The maximum atomic E-state index is 14.1. The van der Waals surface area contributed by atoms with Gasteiger partial charge in [-0.25, -0.2) is 9.18 Å². The fourth-order valence-electron chi connectivity index (χ4n) is 2.59. The van der Waals surface area contributed by atoms with Crippen molar-refractivity contribution in [1.29, 1.82) is 0 Å². The second-order valence-corrected chi connectivity index (χ2v) is 6.75. The van der Waals surface area contributed by atoms with Gasteiger partial charge in [-0.3, -0.25) is 10.3 Å². The van der Waals surface area contributed by atoms with E-state index in [1.807, 2.05) is 0 Å². The number of amides is 1. The third kappa shape index (κ3) is 3.48. The lowest BCUT2D eigenvalue weighted by atomic mass is 10.3. The average Bonchev–Trinajstić information content (AvgIpc) is 3.05. The van der Waals surface area contributed by atoms with Crippen LogP contribution in [-0.4, -0.2) is 35.9 Å². The van der Waals surface area contributed by atoms with Gasteiger partial charge in [-0.15, -0.1) is 0 Å². The van der Waals surface area contributed by atoms with Crippen molar-refractivity contribution < 1.29 is 14.3 Å². The maximum absolute atomic E-state index is 14.1. The topological polar surface area (TPSA) is 158 Å². The molecule has 3 heterocycles. The van der Waals surface area contributed by atoms with Crippen LogP contribution < -0.4 is 16.8 Å². The Hall–Kier alpha value is -3.93. The fraction of sp³-hybridized carbons (Fsp3) is 0. The largest absolute Gasteiger partial charge is 0.465 e. The third-order valence-corrected chi connectivity index (χ3v) is 4.85. The van der Waals surface area contributed by atoms with E-state index in [1.165, 1.54) is 10.7 Å². The molecule has 1 aromatic carbocycles. The van der Waals surface area contributed by atoms with Crippen LogP contribution in [0.2, 0.25) is 0 Å². The van der Waals surface area contributed by atoms with Crippen LogP contribution in [0.4, 0.5) is 26.5 Å². The molecule has 0 saturated carbocycles. The molecule has 3 aromatic heterocycles. The number of fused-ring (bicyclic) bond motifs is 1. The fourth-order valence-corrected chi connectivity index (χ4v) is 3.49. The summed E-state index contributed by atoms with van der Waals surface area (Å²) in [5.41, 5.74) is 12.6. The second kappa shape index (κ2) is 7.24. The minimum absolute atomic E-state index is 0.0225. The molecule has 0 radical (unpaired) electrons. The Morgan fingerprint density at radius 2 is 1.86 bits per heavy atom. The highest BCUT2D eigenvalue weighted by Gasteiger charge is 2.19. The highest BCUT2D eigenvalue weighted by atomic mass is 32.2. The molecule has 0 aliphatic carbocycles. The van der Waals surface area contributed by atoms with Gasteiger partial charge in [0.2, 0.25) is 0 Å². The first-order valence-corrected chi connectivity index (χ1v) is 8.95. The van der Waals surface area contributed by atoms with Crippen LogP contribution in [0.25, 0.3) is 17.0 Å². The van der Waals surface area contributed by atoms with Crippen molar-refractivity contribution >= 4 is 46.2 Å². The van der Waals surface area contributed by atoms with Gasteiger partial charge in [-0.05, 0) is 24.3 Å². The number of carbonyl (C=O) groups is 1. The number of aromatic nitrogens is 5. The Labute approximate surface area is 166 Å². The molecule has 6 N–H and O–H groups in total. The number of halogens is 1. The van der Waals surface area contributed by atoms with E-state index >= 15 is 0 Å². The van der Waals surface area contributed by atoms with Gasteiger partial charge >= 0.3 is 6.09 Å². The van der Waals surface area contributed by atoms with Gasteiger partial charge < -0.3 is 16.6 Å². The van der Waals surface area contributed by atoms with E-state index in [0.717, 1.165) is 11.8 Å². The number of hydrogen-bond donors (Lipinski definition) is 4. The monoisotopic (exact) mass is 412 g/mol. The molecular weight excluding hydrogens is 399 g/mol. The molecule has 0 spiro atoms. The highest BCUT2D eigenvalue weighted by molar-refractivity contribution is 7.99. The first-order chi connectivity index (χ1) is 13.9. The summed E-state index contributed by atoms with van der Waals surface area (Å²) >= 11 is 1.10. The second-order valence-electron chi connectivity index (χ2n) is 5.72. The Morgan fingerprint density at radius 3 is 2.55 bits per heavy atom. The number of hydrogen-bond acceptors (Lipinski definition) is 8. The van der Waals surface area contributed by atoms with Crippen molar-refractivity contribution in [3.63, 3.8) is 0 Å². The molecule has 10 nitrogen and oxygen atoms in total. The van der Waals surface area contributed by atoms with Crippen LogP contribution >= 0.6 is 11.8 Å². The lowest BCUT2D eigenvalue weighted by molar-refractivity contribution is 0.209. The molecule has 1 amide bonds. The summed E-state index contributed by atoms with van der Waals surface area (Å²) in [6, 6.07) is 9.74. The number of carboxylic acid groups (broad SMARTS) is 1. The Morgan fingerprint density at radius 1 is 1.14 bits per heavy atom. The van der Waals surface area contributed by atoms with Gasteiger partial charge in [0.25, 0.3) is 5.95 Å². The minimum Gasteiger partial charge on any atom is -0.465 e. The van der Waals surface area contributed by atoms with Crippen molar-refractivity contribution in [2.24, 2.45) is 0 Å². The quantitative estimate of drug-likeness (QED) is 0.395. The van der Waals surface area contributed by atoms with Gasteiger partial charge in [0.05, 0.1) is 5.52 Å². The summed E-state index contributed by atoms with van der Waals surface area (Å²) in [6.07, 6.45) is 0.237. The number of nitrogens with two attached hydrogens (primary N) is 2. The minimum atomic E-state index is -1.35. The van der Waals surface area contributed by atoms with E-state index in [-0.39, 0.29) is 29.1 Å². The molecular formula is C17H13FN8O2S. The smallest absolute Gasteiger partial charge is 0.409 e. The summed E-state index contributed by atoms with van der Waals surface area (Å²) in [5, 5.41) is 15.8. The van der Waals surface area contributed by atoms with Gasteiger partial charge in [-0.2, -0.15) is 19.7 Å². The molecule has 0 aliphatic rings. The number of rotatable bonds is 4. The molecule has 0 fully saturated rings. The number of nitrogens with zero attached hydrogens (tertiary/aromatic N) is 5. The molecule has 146 valence electrons. The van der Waals surface area contributed by atoms with Crippen LogP contribution in [0.5, 0.6) is 0 Å². The normalized spacial score (nSPS) is 10.9. The Balaban J connectivity index is 1.83. The first-order valence-electron chi connectivity index (χ1n) is 8.13. The number of benzene rings is 1. The first kappa shape index (κ1) is 18.4. The predicted molar refractivity (Wildman–Crippen MR) is 105 cm³/mol. The van der Waals surface area contributed by atoms with Gasteiger partial charge in [0.1, 0.15) is 22.0 Å². The Bertz CT molecular complexity index is 1220. The van der Waals surface area contributed by atoms with E-state index in [9.17, 15) is 9.18 Å². The summed E-state index contributed by atoms with van der Waals surface area (Å²) in [4.78, 5) is 23.8. The third-order valence-electron chi connectivity index (χ3n) is 3.83. The van der Waals surface area contributed by atoms with Gasteiger partial charge in [-0.1, -0.05) is 23.9 Å². The number of nitrogens with one attached hydrogen (secondary N) is 1. The van der Waals surface area contributed by atoms with E-state index in [4.69, 9.17) is 16.6 Å². The van der Waals surface area contributed by atoms with Crippen LogP contribution in [0.1, 0.15) is 0 Å². The van der Waals surface area contributed by atoms with Crippen molar-refractivity contribution in [3.05, 3.63) is 48.4 Å². The van der Waals surface area contributed by atoms with Gasteiger partial charge in [0.15, 0.2) is 11.6 Å². The van der Waals surface area contributed by atoms with Crippen molar-refractivity contribution in [1.82, 2.24) is 24.7 Å². The predicted octanol–water partition coefficient (Wildman–Crippen LogP) is 2.76. The molecule has 4 aromatic rings. The molecule has 0 saturated heterocycles. The molecule has 12 heteroatoms. The zero-order valence-electron chi connectivity index (χ0n) is 14.6. The van der Waals surface area contributed by atoms with Crippen molar-refractivity contribution in [2.75, 3.05) is 16.8 Å². The summed E-state index contributed by atoms with van der Waals surface area (Å²) in [6.45, 7) is 0. The lowest BCUT2D eigenvalue weighted by Crippen LogP contribution is -2.15. The van der Waals surface area contributed by atoms with E-state index in [0.29, 0.717) is 21.0 Å². The van der Waals surface area contributed by atoms with Crippen LogP contribution in [0, 0.1) is 5.82 Å². The zero-order chi connectivity index (χ0) is 20.5. The standard InChI is InChI=1S/C17H13FN8O2S/c18-8-4-1-2-6-10(8)29-15-11-9(5-3-7-21-11)26(25-15)16-23-13(19)12(14(20)24-16)22-17(27)28/h1-7,22H,(H,27,28)(H4,19,20,23,24). The zero-order valence-corrected chi connectivity index (χ0v) is 15.4. The molecule has 0 atom stereocenters. The molecule has 29 heavy (non-hydrogen) atoms.